The molecule has 2 amide bonds. The van der Waals surface area contributed by atoms with Gasteiger partial charge in [0.25, 0.3) is 0 Å². The third-order valence-corrected chi connectivity index (χ3v) is 3.95. The predicted octanol–water partition coefficient (Wildman–Crippen LogP) is 3.30. The molecule has 0 saturated carbocycles. The molecule has 25 heavy (non-hydrogen) atoms. The zero-order chi connectivity index (χ0) is 18.4. The fraction of sp³-hybridized carbons (Fsp3) is 0.474. The van der Waals surface area contributed by atoms with E-state index in [1.54, 1.807) is 0 Å². The number of carbonyl (C=O) groups is 1. The summed E-state index contributed by atoms with van der Waals surface area (Å²) < 4.78 is 11.0. The van der Waals surface area contributed by atoms with Crippen molar-refractivity contribution in [2.75, 3.05) is 6.54 Å². The second-order valence-corrected chi connectivity index (χ2v) is 6.51. The quantitative estimate of drug-likeness (QED) is 0.807. The third-order valence-electron chi connectivity index (χ3n) is 3.95. The fourth-order valence-electron chi connectivity index (χ4n) is 2.62. The molecule has 0 spiro atoms. The molecule has 1 heterocycles. The van der Waals surface area contributed by atoms with Crippen LogP contribution >= 0.6 is 0 Å². The van der Waals surface area contributed by atoms with Crippen molar-refractivity contribution in [3.8, 4) is 5.75 Å². The Morgan fingerprint density at radius 3 is 2.68 bits per heavy atom. The molecule has 6 nitrogen and oxygen atoms in total. The first-order valence-electron chi connectivity index (χ1n) is 8.54. The molecule has 0 aliphatic carbocycles. The Morgan fingerprint density at radius 1 is 1.28 bits per heavy atom. The Hall–Kier alpha value is -2.50. The van der Waals surface area contributed by atoms with Gasteiger partial charge in [-0.3, -0.25) is 0 Å². The smallest absolute Gasteiger partial charge is 0.315 e. The molecule has 2 N–H and O–H groups in total. The van der Waals surface area contributed by atoms with Crippen LogP contribution in [0.4, 0.5) is 4.79 Å². The van der Waals surface area contributed by atoms with Crippen LogP contribution in [0.3, 0.4) is 0 Å². The number of carbonyl (C=O) groups excluding carboxylic acids is 1. The topological polar surface area (TPSA) is 76.4 Å². The molecule has 1 aromatic carbocycles. The second kappa shape index (κ2) is 8.55. The second-order valence-electron chi connectivity index (χ2n) is 6.51. The maximum absolute atomic E-state index is 12.0. The van der Waals surface area contributed by atoms with Crippen molar-refractivity contribution < 1.29 is 14.1 Å². The van der Waals surface area contributed by atoms with E-state index in [1.165, 1.54) is 0 Å². The Kier molecular flexibility index (Phi) is 6.44. The van der Waals surface area contributed by atoms with Crippen LogP contribution in [-0.4, -0.2) is 29.9 Å². The van der Waals surface area contributed by atoms with E-state index in [0.29, 0.717) is 13.0 Å². The highest BCUT2D eigenvalue weighted by Gasteiger charge is 2.15. The van der Waals surface area contributed by atoms with E-state index in [4.69, 9.17) is 9.26 Å². The van der Waals surface area contributed by atoms with E-state index in [0.717, 1.165) is 28.3 Å². The largest absolute Gasteiger partial charge is 0.489 e. The number of urea groups is 1. The van der Waals surface area contributed by atoms with E-state index in [9.17, 15) is 4.79 Å². The molecule has 2 rings (SSSR count). The maximum atomic E-state index is 12.0. The number of nitrogens with zero attached hydrogens (tertiary/aromatic N) is 1. The number of aromatic nitrogens is 1. The SMILES string of the molecule is Cc1cccc(OC(C)CNC(=O)NC(C)Cc2c(C)noc2C)c1. The minimum atomic E-state index is -0.209. The van der Waals surface area contributed by atoms with Crippen LogP contribution in [-0.2, 0) is 6.42 Å². The summed E-state index contributed by atoms with van der Waals surface area (Å²) >= 11 is 0. The lowest BCUT2D eigenvalue weighted by Crippen LogP contribution is -2.44. The number of rotatable bonds is 7. The molecule has 1 aromatic heterocycles. The summed E-state index contributed by atoms with van der Waals surface area (Å²) in [5.41, 5.74) is 3.05. The Balaban J connectivity index is 1.74. The van der Waals surface area contributed by atoms with Gasteiger partial charge in [0.2, 0.25) is 0 Å². The zero-order valence-electron chi connectivity index (χ0n) is 15.6. The summed E-state index contributed by atoms with van der Waals surface area (Å²) in [6.45, 7) is 10.1. The van der Waals surface area contributed by atoms with Gasteiger partial charge < -0.3 is 19.9 Å². The van der Waals surface area contributed by atoms with Gasteiger partial charge in [-0.25, -0.2) is 4.79 Å². The molecule has 2 atom stereocenters. The van der Waals surface area contributed by atoms with Crippen molar-refractivity contribution in [2.45, 2.75) is 53.2 Å². The van der Waals surface area contributed by atoms with Crippen LogP contribution in [0.2, 0.25) is 0 Å². The average molecular weight is 345 g/mol. The normalized spacial score (nSPS) is 13.2. The molecule has 0 aliphatic heterocycles. The van der Waals surface area contributed by atoms with Gasteiger partial charge in [0.05, 0.1) is 12.2 Å². The van der Waals surface area contributed by atoms with Crippen molar-refractivity contribution in [3.63, 3.8) is 0 Å². The summed E-state index contributed by atoms with van der Waals surface area (Å²) in [5.74, 6) is 1.60. The third kappa shape index (κ3) is 5.81. The highest BCUT2D eigenvalue weighted by Crippen LogP contribution is 2.15. The van der Waals surface area contributed by atoms with Gasteiger partial charge in [0, 0.05) is 11.6 Å². The van der Waals surface area contributed by atoms with Crippen molar-refractivity contribution >= 4 is 6.03 Å². The van der Waals surface area contributed by atoms with Crippen molar-refractivity contribution in [1.29, 1.82) is 0 Å². The van der Waals surface area contributed by atoms with Crippen molar-refractivity contribution in [1.82, 2.24) is 15.8 Å². The number of benzene rings is 1. The molecular formula is C19H27N3O3. The summed E-state index contributed by atoms with van der Waals surface area (Å²) in [5, 5.41) is 9.70. The summed E-state index contributed by atoms with van der Waals surface area (Å²) in [6.07, 6.45) is 0.564. The maximum Gasteiger partial charge on any atom is 0.315 e. The van der Waals surface area contributed by atoms with E-state index in [-0.39, 0.29) is 18.2 Å². The lowest BCUT2D eigenvalue weighted by atomic mass is 10.1. The molecule has 2 unspecified atom stereocenters. The zero-order valence-corrected chi connectivity index (χ0v) is 15.6. The first kappa shape index (κ1) is 18.8. The lowest BCUT2D eigenvalue weighted by Gasteiger charge is -2.18. The van der Waals surface area contributed by atoms with Crippen LogP contribution < -0.4 is 15.4 Å². The van der Waals surface area contributed by atoms with E-state index in [2.05, 4.69) is 15.8 Å². The molecule has 2 aromatic rings. The van der Waals surface area contributed by atoms with Gasteiger partial charge in [0.1, 0.15) is 17.6 Å². The van der Waals surface area contributed by atoms with E-state index in [1.807, 2.05) is 58.9 Å². The van der Waals surface area contributed by atoms with Crippen molar-refractivity contribution in [3.05, 3.63) is 46.8 Å². The van der Waals surface area contributed by atoms with Gasteiger partial charge in [0.15, 0.2) is 0 Å². The van der Waals surface area contributed by atoms with Gasteiger partial charge in [-0.1, -0.05) is 17.3 Å². The van der Waals surface area contributed by atoms with Gasteiger partial charge in [-0.05, 0) is 58.7 Å². The highest BCUT2D eigenvalue weighted by atomic mass is 16.5. The molecule has 0 bridgehead atoms. The van der Waals surface area contributed by atoms with Crippen LogP contribution in [0.25, 0.3) is 0 Å². The molecule has 0 saturated heterocycles. The van der Waals surface area contributed by atoms with E-state index >= 15 is 0 Å². The minimum absolute atomic E-state index is 0.0233. The van der Waals surface area contributed by atoms with Gasteiger partial charge >= 0.3 is 6.03 Å². The first-order chi connectivity index (χ1) is 11.8. The number of aryl methyl sites for hydroxylation is 3. The monoisotopic (exact) mass is 345 g/mol. The average Bonchev–Trinajstić information content (AvgIpc) is 2.85. The Labute approximate surface area is 148 Å². The highest BCUT2D eigenvalue weighted by molar-refractivity contribution is 5.74. The van der Waals surface area contributed by atoms with Crippen LogP contribution in [0.5, 0.6) is 5.75 Å². The summed E-state index contributed by atoms with van der Waals surface area (Å²) in [4.78, 5) is 12.0. The van der Waals surface area contributed by atoms with Gasteiger partial charge in [-0.15, -0.1) is 0 Å². The standard InChI is InChI=1S/C19H27N3O3/c1-12-7-6-8-17(9-12)24-14(3)11-20-19(23)21-13(2)10-18-15(4)22-25-16(18)5/h6-9,13-14H,10-11H2,1-5H3,(H2,20,21,23). The van der Waals surface area contributed by atoms with Crippen molar-refractivity contribution in [2.24, 2.45) is 0 Å². The Morgan fingerprint density at radius 2 is 2.04 bits per heavy atom. The molecular weight excluding hydrogens is 318 g/mol. The molecule has 136 valence electrons. The van der Waals surface area contributed by atoms with Crippen LogP contribution in [0, 0.1) is 20.8 Å². The summed E-state index contributed by atoms with van der Waals surface area (Å²) in [7, 11) is 0. The summed E-state index contributed by atoms with van der Waals surface area (Å²) in [6, 6.07) is 7.62. The first-order valence-corrected chi connectivity index (χ1v) is 8.54. The molecule has 0 fully saturated rings. The number of amides is 2. The predicted molar refractivity (Wildman–Crippen MR) is 96.9 cm³/mol. The van der Waals surface area contributed by atoms with Crippen LogP contribution in [0.15, 0.2) is 28.8 Å². The minimum Gasteiger partial charge on any atom is -0.489 e. The number of hydrogen-bond donors (Lipinski definition) is 2. The number of ether oxygens (including phenoxy) is 1. The van der Waals surface area contributed by atoms with E-state index < -0.39 is 0 Å². The Bertz CT molecular complexity index is 692. The fourth-order valence-corrected chi connectivity index (χ4v) is 2.62. The molecule has 6 heteroatoms. The number of hydrogen-bond acceptors (Lipinski definition) is 4. The lowest BCUT2D eigenvalue weighted by molar-refractivity contribution is 0.206. The number of nitrogens with one attached hydrogen (secondary N) is 2. The van der Waals surface area contributed by atoms with Crippen LogP contribution in [0.1, 0.15) is 36.4 Å². The van der Waals surface area contributed by atoms with Gasteiger partial charge in [-0.2, -0.15) is 0 Å². The molecule has 0 aliphatic rings. The molecule has 0 radical (unpaired) electrons.